The molecule has 0 bridgehead atoms. The van der Waals surface area contributed by atoms with Crippen LogP contribution in [0, 0.1) is 0 Å². The number of hydrogen-bond acceptors (Lipinski definition) is 4. The van der Waals surface area contributed by atoms with E-state index in [-0.39, 0.29) is 5.56 Å². The maximum Gasteiger partial charge on any atom is 0.335 e. The molecular weight excluding hydrogens is 230 g/mol. The van der Waals surface area contributed by atoms with E-state index in [9.17, 15) is 4.79 Å². The number of fused-ring (bicyclic) bond motifs is 3. The van der Waals surface area contributed by atoms with Crippen LogP contribution in [0.25, 0.3) is 21.7 Å². The lowest BCUT2D eigenvalue weighted by Gasteiger charge is -2.06. The number of aromatic carboxylic acids is 1. The number of nitrogen functional groups attached to an aromatic ring is 1. The second-order valence-electron chi connectivity index (χ2n) is 3.96. The number of carbonyl (C=O) groups is 1. The molecule has 3 aromatic rings. The fourth-order valence-electron chi connectivity index (χ4n) is 2.00. The third-order valence-corrected chi connectivity index (χ3v) is 2.87. The maximum absolute atomic E-state index is 11.0. The molecule has 3 N–H and O–H groups in total. The van der Waals surface area contributed by atoms with Crippen LogP contribution in [0.5, 0.6) is 0 Å². The largest absolute Gasteiger partial charge is 0.478 e. The van der Waals surface area contributed by atoms with E-state index in [1.807, 2.05) is 0 Å². The molecule has 2 aromatic heterocycles. The first-order chi connectivity index (χ1) is 8.66. The van der Waals surface area contributed by atoms with E-state index in [2.05, 4.69) is 9.97 Å². The second-order valence-corrected chi connectivity index (χ2v) is 3.96. The number of anilines is 1. The van der Waals surface area contributed by atoms with Gasteiger partial charge in [0.05, 0.1) is 11.1 Å². The topological polar surface area (TPSA) is 89.1 Å². The van der Waals surface area contributed by atoms with Crippen molar-refractivity contribution in [3.8, 4) is 0 Å². The van der Waals surface area contributed by atoms with Crippen molar-refractivity contribution in [2.45, 2.75) is 0 Å². The standard InChI is InChI=1S/C13H9N3O2/c14-12-8-3-4-15-6-10(8)9-5-7(13(17)18)1-2-11(9)16-12/h1-6H,(H2,14,16)(H,17,18). The third kappa shape index (κ3) is 1.45. The molecule has 2 heterocycles. The molecule has 5 nitrogen and oxygen atoms in total. The van der Waals surface area contributed by atoms with Crippen LogP contribution in [0.3, 0.4) is 0 Å². The van der Waals surface area contributed by atoms with Crippen molar-refractivity contribution < 1.29 is 9.90 Å². The molecule has 0 saturated heterocycles. The van der Waals surface area contributed by atoms with Gasteiger partial charge in [-0.2, -0.15) is 0 Å². The molecule has 88 valence electrons. The zero-order valence-corrected chi connectivity index (χ0v) is 9.29. The highest BCUT2D eigenvalue weighted by Crippen LogP contribution is 2.27. The number of aromatic nitrogens is 2. The molecule has 0 saturated carbocycles. The van der Waals surface area contributed by atoms with Crippen LogP contribution < -0.4 is 5.73 Å². The molecule has 1 aromatic carbocycles. The summed E-state index contributed by atoms with van der Waals surface area (Å²) in [5.41, 5.74) is 6.75. The minimum atomic E-state index is -0.967. The zero-order chi connectivity index (χ0) is 12.7. The predicted octanol–water partition coefficient (Wildman–Crippen LogP) is 2.06. The Balaban J connectivity index is 2.50. The molecule has 0 amide bonds. The monoisotopic (exact) mass is 239 g/mol. The van der Waals surface area contributed by atoms with Gasteiger partial charge >= 0.3 is 5.97 Å². The van der Waals surface area contributed by atoms with Gasteiger partial charge in [-0.1, -0.05) is 0 Å². The molecule has 0 atom stereocenters. The maximum atomic E-state index is 11.0. The van der Waals surface area contributed by atoms with Gasteiger partial charge in [0.1, 0.15) is 5.82 Å². The van der Waals surface area contributed by atoms with Gasteiger partial charge in [0.25, 0.3) is 0 Å². The highest BCUT2D eigenvalue weighted by atomic mass is 16.4. The van der Waals surface area contributed by atoms with Gasteiger partial charge in [0.15, 0.2) is 0 Å². The number of pyridine rings is 2. The number of nitrogens with two attached hydrogens (primary N) is 1. The molecule has 0 unspecified atom stereocenters. The average molecular weight is 239 g/mol. The molecule has 0 aliphatic heterocycles. The first kappa shape index (κ1) is 10.5. The first-order valence-electron chi connectivity index (χ1n) is 5.33. The van der Waals surface area contributed by atoms with Crippen molar-refractivity contribution in [2.24, 2.45) is 0 Å². The fraction of sp³-hybridized carbons (Fsp3) is 0. The van der Waals surface area contributed by atoms with Crippen molar-refractivity contribution in [2.75, 3.05) is 5.73 Å². The number of nitrogens with zero attached hydrogens (tertiary/aromatic N) is 2. The molecule has 0 fully saturated rings. The van der Waals surface area contributed by atoms with Crippen molar-refractivity contribution in [1.29, 1.82) is 0 Å². The van der Waals surface area contributed by atoms with Gasteiger partial charge < -0.3 is 10.8 Å². The summed E-state index contributed by atoms with van der Waals surface area (Å²) in [4.78, 5) is 19.3. The Kier molecular flexibility index (Phi) is 2.13. The lowest BCUT2D eigenvalue weighted by atomic mass is 10.1. The van der Waals surface area contributed by atoms with Gasteiger partial charge in [-0.05, 0) is 24.3 Å². The second kappa shape index (κ2) is 3.66. The molecule has 0 spiro atoms. The molecule has 3 rings (SSSR count). The molecule has 18 heavy (non-hydrogen) atoms. The minimum Gasteiger partial charge on any atom is -0.478 e. The number of carboxylic acids is 1. The Labute approximate surface area is 102 Å². The number of hydrogen-bond donors (Lipinski definition) is 2. The Bertz CT molecular complexity index is 784. The predicted molar refractivity (Wildman–Crippen MR) is 68.4 cm³/mol. The lowest BCUT2D eigenvalue weighted by molar-refractivity contribution is 0.0697. The Morgan fingerprint density at radius 2 is 2.00 bits per heavy atom. The SMILES string of the molecule is Nc1nc2ccc(C(=O)O)cc2c2cnccc12. The van der Waals surface area contributed by atoms with Crippen molar-refractivity contribution in [3.63, 3.8) is 0 Å². The Morgan fingerprint density at radius 1 is 1.17 bits per heavy atom. The van der Waals surface area contributed by atoms with Crippen LogP contribution in [-0.4, -0.2) is 21.0 Å². The van der Waals surface area contributed by atoms with E-state index in [1.54, 1.807) is 30.6 Å². The highest BCUT2D eigenvalue weighted by Gasteiger charge is 2.09. The lowest BCUT2D eigenvalue weighted by Crippen LogP contribution is -1.98. The average Bonchev–Trinajstić information content (AvgIpc) is 2.38. The van der Waals surface area contributed by atoms with E-state index >= 15 is 0 Å². The molecular formula is C13H9N3O2. The third-order valence-electron chi connectivity index (χ3n) is 2.87. The van der Waals surface area contributed by atoms with Crippen LogP contribution in [0.15, 0.2) is 36.7 Å². The fourth-order valence-corrected chi connectivity index (χ4v) is 2.00. The van der Waals surface area contributed by atoms with E-state index in [0.717, 1.165) is 16.2 Å². The van der Waals surface area contributed by atoms with E-state index in [4.69, 9.17) is 10.8 Å². The van der Waals surface area contributed by atoms with Crippen LogP contribution in [0.1, 0.15) is 10.4 Å². The molecule has 5 heteroatoms. The van der Waals surface area contributed by atoms with E-state index in [1.165, 1.54) is 6.07 Å². The van der Waals surface area contributed by atoms with Crippen LogP contribution in [0.2, 0.25) is 0 Å². The molecule has 0 radical (unpaired) electrons. The Hall–Kier alpha value is -2.69. The van der Waals surface area contributed by atoms with Gasteiger partial charge in [0, 0.05) is 28.6 Å². The summed E-state index contributed by atoms with van der Waals surface area (Å²) in [5.74, 6) is -0.547. The molecule has 0 aliphatic carbocycles. The summed E-state index contributed by atoms with van der Waals surface area (Å²) < 4.78 is 0. The Morgan fingerprint density at radius 3 is 2.78 bits per heavy atom. The highest BCUT2D eigenvalue weighted by molar-refractivity contribution is 6.10. The summed E-state index contributed by atoms with van der Waals surface area (Å²) >= 11 is 0. The smallest absolute Gasteiger partial charge is 0.335 e. The summed E-state index contributed by atoms with van der Waals surface area (Å²) in [6.45, 7) is 0. The number of carboxylic acid groups (broad SMARTS) is 1. The minimum absolute atomic E-state index is 0.222. The van der Waals surface area contributed by atoms with Crippen LogP contribution in [0.4, 0.5) is 5.82 Å². The first-order valence-corrected chi connectivity index (χ1v) is 5.33. The summed E-state index contributed by atoms with van der Waals surface area (Å²) in [5, 5.41) is 11.3. The van der Waals surface area contributed by atoms with Gasteiger partial charge in [0.2, 0.25) is 0 Å². The van der Waals surface area contributed by atoms with Crippen molar-refractivity contribution in [1.82, 2.24) is 9.97 Å². The van der Waals surface area contributed by atoms with E-state index in [0.29, 0.717) is 11.3 Å². The summed E-state index contributed by atoms with van der Waals surface area (Å²) in [6.07, 6.45) is 3.30. The van der Waals surface area contributed by atoms with Gasteiger partial charge in [-0.15, -0.1) is 0 Å². The zero-order valence-electron chi connectivity index (χ0n) is 9.29. The molecule has 0 aliphatic rings. The van der Waals surface area contributed by atoms with Crippen molar-refractivity contribution >= 4 is 33.5 Å². The quantitative estimate of drug-likeness (QED) is 0.634. The van der Waals surface area contributed by atoms with Crippen molar-refractivity contribution in [3.05, 3.63) is 42.2 Å². The number of rotatable bonds is 1. The summed E-state index contributed by atoms with van der Waals surface area (Å²) in [6, 6.07) is 6.53. The number of benzene rings is 1. The van der Waals surface area contributed by atoms with Gasteiger partial charge in [-0.25, -0.2) is 9.78 Å². The summed E-state index contributed by atoms with van der Waals surface area (Å²) in [7, 11) is 0. The van der Waals surface area contributed by atoms with Crippen LogP contribution in [-0.2, 0) is 0 Å². The van der Waals surface area contributed by atoms with E-state index < -0.39 is 5.97 Å². The van der Waals surface area contributed by atoms with Gasteiger partial charge in [-0.3, -0.25) is 4.98 Å². The normalized spacial score (nSPS) is 10.9. The van der Waals surface area contributed by atoms with Crippen LogP contribution >= 0.6 is 0 Å².